The zero-order valence-electron chi connectivity index (χ0n) is 10.1. The van der Waals surface area contributed by atoms with Crippen LogP contribution in [0.15, 0.2) is 52.4 Å². The molecule has 2 aromatic heterocycles. The van der Waals surface area contributed by atoms with Crippen LogP contribution in [-0.2, 0) is 6.54 Å². The zero-order valence-corrected chi connectivity index (χ0v) is 12.5. The second-order valence-electron chi connectivity index (χ2n) is 4.22. The van der Waals surface area contributed by atoms with Gasteiger partial charge in [0.2, 0.25) is 0 Å². The Morgan fingerprint density at radius 2 is 1.95 bits per heavy atom. The van der Waals surface area contributed by atoms with Gasteiger partial charge in [-0.05, 0) is 33.6 Å². The Bertz CT molecular complexity index is 688. The summed E-state index contributed by atoms with van der Waals surface area (Å²) >= 11 is 5.09. The summed E-state index contributed by atoms with van der Waals surface area (Å²) in [4.78, 5) is 1.08. The second-order valence-corrected chi connectivity index (χ2v) is 6.68. The van der Waals surface area contributed by atoms with E-state index in [0.29, 0.717) is 5.69 Å². The van der Waals surface area contributed by atoms with Crippen LogP contribution in [0.5, 0.6) is 0 Å². The van der Waals surface area contributed by atoms with Crippen LogP contribution in [0.4, 0.5) is 5.69 Å². The molecule has 1 aromatic carbocycles. The molecule has 0 spiro atoms. The summed E-state index contributed by atoms with van der Waals surface area (Å²) in [7, 11) is 0. The number of hydrogen-bond donors (Lipinski definition) is 1. The van der Waals surface area contributed by atoms with Crippen LogP contribution in [0.25, 0.3) is 10.6 Å². The van der Waals surface area contributed by atoms with Gasteiger partial charge in [0.05, 0.1) is 20.9 Å². The summed E-state index contributed by atoms with van der Waals surface area (Å²) in [5.74, 6) is 0. The van der Waals surface area contributed by atoms with Crippen molar-refractivity contribution >= 4 is 33.0 Å². The van der Waals surface area contributed by atoms with Crippen molar-refractivity contribution < 1.29 is 0 Å². The molecular formula is C14H12BrN3S. The molecule has 0 aliphatic carbocycles. The summed E-state index contributed by atoms with van der Waals surface area (Å²) in [6.45, 7) is 0.734. The molecule has 2 heterocycles. The van der Waals surface area contributed by atoms with Crippen molar-refractivity contribution in [2.24, 2.45) is 0 Å². The number of nitrogens with two attached hydrogens (primary N) is 1. The molecule has 0 radical (unpaired) electrons. The molecule has 0 atom stereocenters. The monoisotopic (exact) mass is 333 g/mol. The highest BCUT2D eigenvalue weighted by molar-refractivity contribution is 9.11. The number of thiophene rings is 1. The molecule has 0 amide bonds. The predicted octanol–water partition coefficient (Wildman–Crippen LogP) is 4.00. The quantitative estimate of drug-likeness (QED) is 0.787. The number of nitrogens with zero attached hydrogens (tertiary/aromatic N) is 2. The van der Waals surface area contributed by atoms with E-state index in [1.165, 1.54) is 5.56 Å². The van der Waals surface area contributed by atoms with Crippen molar-refractivity contribution in [2.75, 3.05) is 5.73 Å². The molecular weight excluding hydrogens is 322 g/mol. The summed E-state index contributed by atoms with van der Waals surface area (Å²) in [6.07, 6.45) is 1.88. The number of benzene rings is 1. The Morgan fingerprint density at radius 3 is 2.63 bits per heavy atom. The average Bonchev–Trinajstić information content (AvgIpc) is 2.97. The lowest BCUT2D eigenvalue weighted by atomic mass is 10.2. The largest absolute Gasteiger partial charge is 0.396 e. The fraction of sp³-hybridized carbons (Fsp3) is 0.0714. The van der Waals surface area contributed by atoms with E-state index in [2.05, 4.69) is 33.2 Å². The van der Waals surface area contributed by atoms with Gasteiger partial charge in [-0.25, -0.2) is 0 Å². The van der Waals surface area contributed by atoms with Crippen molar-refractivity contribution in [3.63, 3.8) is 0 Å². The topological polar surface area (TPSA) is 43.8 Å². The molecule has 0 bridgehead atoms. The second kappa shape index (κ2) is 5.19. The Hall–Kier alpha value is -1.59. The number of halogens is 1. The normalized spacial score (nSPS) is 10.8. The van der Waals surface area contributed by atoms with Gasteiger partial charge in [0, 0.05) is 6.20 Å². The molecule has 2 N–H and O–H groups in total. The third-order valence-corrected chi connectivity index (χ3v) is 4.41. The van der Waals surface area contributed by atoms with Crippen molar-refractivity contribution in [3.8, 4) is 10.6 Å². The SMILES string of the molecule is Nc1cn(Cc2ccccc2)nc1-c1ccc(Br)s1. The third-order valence-electron chi connectivity index (χ3n) is 2.78. The molecule has 5 heteroatoms. The number of nitrogen functional groups attached to an aromatic ring is 1. The Balaban J connectivity index is 1.89. The molecule has 19 heavy (non-hydrogen) atoms. The molecule has 0 fully saturated rings. The van der Waals surface area contributed by atoms with Crippen molar-refractivity contribution in [1.82, 2.24) is 9.78 Å². The van der Waals surface area contributed by atoms with E-state index in [9.17, 15) is 0 Å². The molecule has 0 saturated carbocycles. The minimum absolute atomic E-state index is 0.713. The van der Waals surface area contributed by atoms with Crippen molar-refractivity contribution in [3.05, 3.63) is 58.0 Å². The predicted molar refractivity (Wildman–Crippen MR) is 83.2 cm³/mol. The molecule has 0 aliphatic heterocycles. The Kier molecular flexibility index (Phi) is 3.40. The first-order valence-corrected chi connectivity index (χ1v) is 7.46. The van der Waals surface area contributed by atoms with Gasteiger partial charge in [-0.2, -0.15) is 5.10 Å². The smallest absolute Gasteiger partial charge is 0.125 e. The van der Waals surface area contributed by atoms with E-state index < -0.39 is 0 Å². The summed E-state index contributed by atoms with van der Waals surface area (Å²) in [6, 6.07) is 14.3. The molecule has 3 rings (SSSR count). The van der Waals surface area contributed by atoms with E-state index in [0.717, 1.165) is 20.9 Å². The zero-order chi connectivity index (χ0) is 13.2. The maximum Gasteiger partial charge on any atom is 0.125 e. The first-order valence-electron chi connectivity index (χ1n) is 5.85. The van der Waals surface area contributed by atoms with Gasteiger partial charge in [0.1, 0.15) is 5.69 Å². The molecule has 0 saturated heterocycles. The summed E-state index contributed by atoms with van der Waals surface area (Å²) < 4.78 is 2.97. The fourth-order valence-corrected chi connectivity index (χ4v) is 3.31. The summed E-state index contributed by atoms with van der Waals surface area (Å²) in [5, 5.41) is 4.57. The minimum atomic E-state index is 0.713. The maximum absolute atomic E-state index is 6.04. The Morgan fingerprint density at radius 1 is 1.16 bits per heavy atom. The van der Waals surface area contributed by atoms with E-state index in [4.69, 9.17) is 5.73 Å². The van der Waals surface area contributed by atoms with Gasteiger partial charge < -0.3 is 5.73 Å². The first-order chi connectivity index (χ1) is 9.22. The number of rotatable bonds is 3. The minimum Gasteiger partial charge on any atom is -0.396 e. The number of aromatic nitrogens is 2. The van der Waals surface area contributed by atoms with E-state index in [-0.39, 0.29) is 0 Å². The van der Waals surface area contributed by atoms with E-state index in [1.807, 2.05) is 41.2 Å². The molecule has 0 unspecified atom stereocenters. The lowest BCUT2D eigenvalue weighted by Crippen LogP contribution is -1.99. The van der Waals surface area contributed by atoms with Crippen LogP contribution in [0.1, 0.15) is 5.56 Å². The Labute approximate surface area is 123 Å². The highest BCUT2D eigenvalue weighted by Gasteiger charge is 2.10. The lowest BCUT2D eigenvalue weighted by molar-refractivity contribution is 0.690. The lowest BCUT2D eigenvalue weighted by Gasteiger charge is -2.00. The van der Waals surface area contributed by atoms with Crippen LogP contribution >= 0.6 is 27.3 Å². The van der Waals surface area contributed by atoms with Crippen molar-refractivity contribution in [1.29, 1.82) is 0 Å². The highest BCUT2D eigenvalue weighted by Crippen LogP contribution is 2.33. The third kappa shape index (κ3) is 2.72. The van der Waals surface area contributed by atoms with Crippen molar-refractivity contribution in [2.45, 2.75) is 6.54 Å². The van der Waals surface area contributed by atoms with E-state index in [1.54, 1.807) is 11.3 Å². The maximum atomic E-state index is 6.04. The molecule has 0 aliphatic rings. The van der Waals surface area contributed by atoms with Gasteiger partial charge in [-0.1, -0.05) is 30.3 Å². The van der Waals surface area contributed by atoms with E-state index >= 15 is 0 Å². The van der Waals surface area contributed by atoms with Crippen LogP contribution < -0.4 is 5.73 Å². The average molecular weight is 334 g/mol. The van der Waals surface area contributed by atoms with Gasteiger partial charge in [0.15, 0.2) is 0 Å². The first kappa shape index (κ1) is 12.4. The molecule has 3 nitrogen and oxygen atoms in total. The van der Waals surface area contributed by atoms with Crippen LogP contribution in [0.2, 0.25) is 0 Å². The van der Waals surface area contributed by atoms with Gasteiger partial charge in [-0.3, -0.25) is 4.68 Å². The number of hydrogen-bond acceptors (Lipinski definition) is 3. The molecule has 3 aromatic rings. The number of anilines is 1. The highest BCUT2D eigenvalue weighted by atomic mass is 79.9. The van der Waals surface area contributed by atoms with Crippen LogP contribution in [0.3, 0.4) is 0 Å². The summed E-state index contributed by atoms with van der Waals surface area (Å²) in [5.41, 5.74) is 8.82. The van der Waals surface area contributed by atoms with Crippen LogP contribution in [-0.4, -0.2) is 9.78 Å². The van der Waals surface area contributed by atoms with Gasteiger partial charge in [0.25, 0.3) is 0 Å². The van der Waals surface area contributed by atoms with Gasteiger partial charge in [-0.15, -0.1) is 11.3 Å². The molecule has 96 valence electrons. The van der Waals surface area contributed by atoms with Gasteiger partial charge >= 0.3 is 0 Å². The standard InChI is InChI=1S/C14H12BrN3S/c15-13-7-6-12(19-13)14-11(16)9-18(17-14)8-10-4-2-1-3-5-10/h1-7,9H,8,16H2. The fourth-order valence-electron chi connectivity index (χ4n) is 1.92. The van der Waals surface area contributed by atoms with Crippen LogP contribution in [0, 0.1) is 0 Å².